The van der Waals surface area contributed by atoms with Crippen LogP contribution in [-0.2, 0) is 6.54 Å². The molecule has 0 atom stereocenters. The molecule has 0 spiro atoms. The van der Waals surface area contributed by atoms with Crippen LogP contribution in [0.15, 0.2) is 11.4 Å². The molecule has 0 saturated carbocycles. The van der Waals surface area contributed by atoms with Gasteiger partial charge >= 0.3 is 0 Å². The second-order valence-corrected chi connectivity index (χ2v) is 7.06. The van der Waals surface area contributed by atoms with E-state index < -0.39 is 0 Å². The Morgan fingerprint density at radius 3 is 2.76 bits per heavy atom. The lowest BCUT2D eigenvalue weighted by molar-refractivity contribution is 0.0690. The van der Waals surface area contributed by atoms with Crippen LogP contribution in [-0.4, -0.2) is 56.5 Å². The molecule has 1 N–H and O–H groups in total. The molecule has 1 aliphatic heterocycles. The molecular formula is C16H27N3OS. The lowest BCUT2D eigenvalue weighted by Gasteiger charge is -2.32. The van der Waals surface area contributed by atoms with Gasteiger partial charge in [-0.2, -0.15) is 0 Å². The first-order valence-corrected chi connectivity index (χ1v) is 8.64. The van der Waals surface area contributed by atoms with E-state index in [2.05, 4.69) is 16.3 Å². The van der Waals surface area contributed by atoms with Crippen LogP contribution in [0, 0.1) is 5.92 Å². The summed E-state index contributed by atoms with van der Waals surface area (Å²) >= 11 is 1.58. The molecule has 1 aromatic rings. The predicted molar refractivity (Wildman–Crippen MR) is 88.9 cm³/mol. The number of piperidine rings is 1. The van der Waals surface area contributed by atoms with Crippen molar-refractivity contribution in [1.29, 1.82) is 0 Å². The molecule has 5 heteroatoms. The minimum atomic E-state index is 0.230. The number of amides is 1. The third-order valence-corrected chi connectivity index (χ3v) is 5.08. The molecule has 1 fully saturated rings. The van der Waals surface area contributed by atoms with Gasteiger partial charge in [0.2, 0.25) is 0 Å². The van der Waals surface area contributed by atoms with Gasteiger partial charge < -0.3 is 15.1 Å². The first-order valence-electron chi connectivity index (χ1n) is 7.76. The number of nitrogens with zero attached hydrogens (tertiary/aromatic N) is 2. The van der Waals surface area contributed by atoms with Gasteiger partial charge in [-0.15, -0.1) is 11.3 Å². The third-order valence-electron chi connectivity index (χ3n) is 4.13. The lowest BCUT2D eigenvalue weighted by Crippen LogP contribution is -2.39. The highest BCUT2D eigenvalue weighted by Crippen LogP contribution is 2.25. The summed E-state index contributed by atoms with van der Waals surface area (Å²) in [5.41, 5.74) is 1.16. The zero-order valence-corrected chi connectivity index (χ0v) is 14.2. The van der Waals surface area contributed by atoms with E-state index in [9.17, 15) is 4.79 Å². The number of nitrogens with one attached hydrogen (secondary N) is 1. The van der Waals surface area contributed by atoms with Gasteiger partial charge in [0.05, 0.1) is 4.88 Å². The molecular weight excluding hydrogens is 282 g/mol. The Kier molecular flexibility index (Phi) is 6.21. The van der Waals surface area contributed by atoms with E-state index in [0.717, 1.165) is 55.4 Å². The van der Waals surface area contributed by atoms with Crippen molar-refractivity contribution in [1.82, 2.24) is 15.1 Å². The van der Waals surface area contributed by atoms with Crippen molar-refractivity contribution in [3.8, 4) is 0 Å². The number of rotatable bonds is 6. The van der Waals surface area contributed by atoms with Crippen LogP contribution in [0.3, 0.4) is 0 Å². The predicted octanol–water partition coefficient (Wildman–Crippen LogP) is 2.27. The Morgan fingerprint density at radius 1 is 1.43 bits per heavy atom. The van der Waals surface area contributed by atoms with Crippen molar-refractivity contribution >= 4 is 17.2 Å². The van der Waals surface area contributed by atoms with Gasteiger partial charge in [-0.25, -0.2) is 0 Å². The number of hydrogen-bond donors (Lipinski definition) is 1. The summed E-state index contributed by atoms with van der Waals surface area (Å²) in [4.78, 5) is 17.8. The fraction of sp³-hybridized carbons (Fsp3) is 0.688. The highest BCUT2D eigenvalue weighted by Gasteiger charge is 2.25. The Hall–Kier alpha value is -0.910. The monoisotopic (exact) mass is 309 g/mol. The largest absolute Gasteiger partial charge is 0.338 e. The van der Waals surface area contributed by atoms with E-state index in [0.29, 0.717) is 0 Å². The third kappa shape index (κ3) is 4.53. The summed E-state index contributed by atoms with van der Waals surface area (Å²) in [6.07, 6.45) is 3.51. The quantitative estimate of drug-likeness (QED) is 0.875. The summed E-state index contributed by atoms with van der Waals surface area (Å²) < 4.78 is 0. The molecule has 0 aliphatic carbocycles. The molecule has 4 nitrogen and oxygen atoms in total. The maximum atomic E-state index is 12.7. The van der Waals surface area contributed by atoms with E-state index in [1.807, 2.05) is 31.4 Å². The second kappa shape index (κ2) is 7.92. The van der Waals surface area contributed by atoms with E-state index in [4.69, 9.17) is 0 Å². The van der Waals surface area contributed by atoms with Crippen LogP contribution >= 0.6 is 11.3 Å². The van der Waals surface area contributed by atoms with E-state index in [1.54, 1.807) is 11.3 Å². The summed E-state index contributed by atoms with van der Waals surface area (Å²) in [6, 6.07) is 2.08. The van der Waals surface area contributed by atoms with Gasteiger partial charge in [-0.3, -0.25) is 4.79 Å². The minimum Gasteiger partial charge on any atom is -0.338 e. The molecule has 1 aromatic heterocycles. The molecule has 0 radical (unpaired) electrons. The van der Waals surface area contributed by atoms with Crippen LogP contribution < -0.4 is 5.32 Å². The Balaban J connectivity index is 1.91. The van der Waals surface area contributed by atoms with E-state index >= 15 is 0 Å². The Morgan fingerprint density at radius 2 is 2.14 bits per heavy atom. The topological polar surface area (TPSA) is 35.6 Å². The first kappa shape index (κ1) is 16.5. The van der Waals surface area contributed by atoms with Crippen LogP contribution in [0.5, 0.6) is 0 Å². The number of carbonyl (C=O) groups is 1. The Labute approximate surface area is 132 Å². The zero-order chi connectivity index (χ0) is 15.2. The second-order valence-electron chi connectivity index (χ2n) is 6.14. The van der Waals surface area contributed by atoms with Crippen LogP contribution in [0.25, 0.3) is 0 Å². The molecule has 2 rings (SSSR count). The van der Waals surface area contributed by atoms with Gasteiger partial charge in [0.15, 0.2) is 0 Å². The minimum absolute atomic E-state index is 0.230. The molecule has 0 unspecified atom stereocenters. The summed E-state index contributed by atoms with van der Waals surface area (Å²) in [7, 11) is 6.08. The van der Waals surface area contributed by atoms with Crippen molar-refractivity contribution < 1.29 is 4.79 Å². The Bertz CT molecular complexity index is 450. The normalized spacial score (nSPS) is 16.7. The van der Waals surface area contributed by atoms with Crippen LogP contribution in [0.4, 0.5) is 0 Å². The van der Waals surface area contributed by atoms with Gasteiger partial charge in [-0.05, 0) is 69.9 Å². The van der Waals surface area contributed by atoms with Crippen molar-refractivity contribution in [2.75, 3.05) is 40.8 Å². The van der Waals surface area contributed by atoms with Crippen molar-refractivity contribution in [3.05, 3.63) is 21.9 Å². The average Bonchev–Trinajstić information content (AvgIpc) is 2.92. The smallest absolute Gasteiger partial charge is 0.264 e. The standard InChI is InChI=1S/C16H27N3OS/c1-17-8-4-13-5-9-19(10-6-13)16(20)15-14(7-11-21-15)12-18(2)3/h7,11,13,17H,4-6,8-10,12H2,1-3H3. The first-order chi connectivity index (χ1) is 10.1. The van der Waals surface area contributed by atoms with Crippen molar-refractivity contribution in [3.63, 3.8) is 0 Å². The van der Waals surface area contributed by atoms with Crippen molar-refractivity contribution in [2.24, 2.45) is 5.92 Å². The highest BCUT2D eigenvalue weighted by molar-refractivity contribution is 7.12. The van der Waals surface area contributed by atoms with Gasteiger partial charge in [-0.1, -0.05) is 0 Å². The average molecular weight is 309 g/mol. The maximum absolute atomic E-state index is 12.7. The molecule has 1 amide bonds. The van der Waals surface area contributed by atoms with E-state index in [-0.39, 0.29) is 5.91 Å². The number of carbonyl (C=O) groups excluding carboxylic acids is 1. The fourth-order valence-electron chi connectivity index (χ4n) is 2.91. The molecule has 0 bridgehead atoms. The highest BCUT2D eigenvalue weighted by atomic mass is 32.1. The fourth-order valence-corrected chi connectivity index (χ4v) is 3.79. The summed E-state index contributed by atoms with van der Waals surface area (Å²) in [5, 5.41) is 5.25. The van der Waals surface area contributed by atoms with Gasteiger partial charge in [0.1, 0.15) is 0 Å². The molecule has 1 aliphatic rings. The van der Waals surface area contributed by atoms with Crippen molar-refractivity contribution in [2.45, 2.75) is 25.8 Å². The molecule has 2 heterocycles. The van der Waals surface area contributed by atoms with Crippen LogP contribution in [0.1, 0.15) is 34.5 Å². The lowest BCUT2D eigenvalue weighted by atomic mass is 9.93. The van der Waals surface area contributed by atoms with Gasteiger partial charge in [0.25, 0.3) is 5.91 Å². The summed E-state index contributed by atoms with van der Waals surface area (Å²) in [5.74, 6) is 1.000. The number of thiophene rings is 1. The van der Waals surface area contributed by atoms with Gasteiger partial charge in [0, 0.05) is 19.6 Å². The zero-order valence-electron chi connectivity index (χ0n) is 13.4. The van der Waals surface area contributed by atoms with E-state index in [1.165, 1.54) is 6.42 Å². The summed E-state index contributed by atoms with van der Waals surface area (Å²) in [6.45, 7) is 3.73. The van der Waals surface area contributed by atoms with Crippen LogP contribution in [0.2, 0.25) is 0 Å². The SMILES string of the molecule is CNCCC1CCN(C(=O)c2sccc2CN(C)C)CC1. The molecule has 1 saturated heterocycles. The molecule has 21 heavy (non-hydrogen) atoms. The number of likely N-dealkylation sites (tertiary alicyclic amines) is 1. The molecule has 0 aromatic carbocycles. The number of hydrogen-bond acceptors (Lipinski definition) is 4. The maximum Gasteiger partial charge on any atom is 0.264 e. The molecule has 118 valence electrons.